The largest absolute Gasteiger partial charge is 0.423 e. The molecule has 1 aromatic carbocycles. The number of benzene rings is 1. The molecule has 0 aliphatic heterocycles. The van der Waals surface area contributed by atoms with E-state index in [4.69, 9.17) is 8.94 Å². The Morgan fingerprint density at radius 1 is 1.09 bits per heavy atom. The molecule has 2 fully saturated rings. The monoisotopic (exact) mass is 308 g/mol. The van der Waals surface area contributed by atoms with Gasteiger partial charge in [0.15, 0.2) is 0 Å². The van der Waals surface area contributed by atoms with Crippen LogP contribution in [-0.2, 0) is 4.79 Å². The lowest BCUT2D eigenvalue weighted by Gasteiger charge is -1.97. The highest BCUT2D eigenvalue weighted by atomic mass is 16.5. The molecule has 7 nitrogen and oxygen atoms in total. The van der Waals surface area contributed by atoms with Gasteiger partial charge in [-0.3, -0.25) is 4.79 Å². The van der Waals surface area contributed by atoms with Gasteiger partial charge in [0.1, 0.15) is 5.78 Å². The minimum absolute atomic E-state index is 0.114. The van der Waals surface area contributed by atoms with Crippen molar-refractivity contribution in [1.29, 1.82) is 0 Å². The minimum atomic E-state index is 0.114. The van der Waals surface area contributed by atoms with Gasteiger partial charge >= 0.3 is 0 Å². The van der Waals surface area contributed by atoms with E-state index < -0.39 is 0 Å². The molecule has 2 aliphatic rings. The molecular weight excluding hydrogens is 296 g/mol. The number of carbonyl (C=O) groups excluding carboxylic acids is 1. The molecule has 0 radical (unpaired) electrons. The molecular formula is C16H12N4O3. The molecule has 7 heteroatoms. The van der Waals surface area contributed by atoms with E-state index in [0.29, 0.717) is 35.7 Å². The second-order valence-electron chi connectivity index (χ2n) is 6.00. The normalized spacial score (nSPS) is 25.6. The maximum atomic E-state index is 11.7. The van der Waals surface area contributed by atoms with Crippen LogP contribution in [0.5, 0.6) is 0 Å². The number of nitrogens with zero attached hydrogens (tertiary/aromatic N) is 4. The first-order valence-corrected chi connectivity index (χ1v) is 7.54. The Hall–Kier alpha value is -2.83. The van der Waals surface area contributed by atoms with Crippen molar-refractivity contribution in [1.82, 2.24) is 20.3 Å². The Labute approximate surface area is 130 Å². The lowest BCUT2D eigenvalue weighted by Crippen LogP contribution is -1.98. The molecule has 0 saturated heterocycles. The maximum absolute atomic E-state index is 11.7. The Balaban J connectivity index is 1.39. The van der Waals surface area contributed by atoms with Crippen LogP contribution in [0.2, 0.25) is 0 Å². The summed E-state index contributed by atoms with van der Waals surface area (Å²) in [4.78, 5) is 16.2. The highest BCUT2D eigenvalue weighted by Gasteiger charge is 2.61. The zero-order valence-corrected chi connectivity index (χ0v) is 12.0. The summed E-state index contributed by atoms with van der Waals surface area (Å²) < 4.78 is 10.5. The molecule has 3 atom stereocenters. The third-order valence-corrected chi connectivity index (χ3v) is 4.74. The number of hydrogen-bond acceptors (Lipinski definition) is 7. The van der Waals surface area contributed by atoms with Crippen LogP contribution in [0.1, 0.15) is 24.7 Å². The number of ketones is 1. The van der Waals surface area contributed by atoms with Crippen LogP contribution in [0.15, 0.2) is 39.6 Å². The third-order valence-electron chi connectivity index (χ3n) is 4.74. The number of carbonyl (C=O) groups is 1. The van der Waals surface area contributed by atoms with E-state index in [1.807, 2.05) is 24.3 Å². The van der Waals surface area contributed by atoms with Crippen LogP contribution in [0, 0.1) is 11.8 Å². The van der Waals surface area contributed by atoms with Gasteiger partial charge in [-0.15, -0.1) is 10.2 Å². The van der Waals surface area contributed by atoms with Gasteiger partial charge in [-0.2, -0.15) is 4.98 Å². The van der Waals surface area contributed by atoms with E-state index in [9.17, 15) is 4.79 Å². The highest BCUT2D eigenvalue weighted by molar-refractivity contribution is 5.88. The van der Waals surface area contributed by atoms with Gasteiger partial charge < -0.3 is 8.94 Å². The topological polar surface area (TPSA) is 94.9 Å². The molecule has 3 aromatic rings. The number of rotatable bonds is 3. The van der Waals surface area contributed by atoms with Gasteiger partial charge in [0.25, 0.3) is 0 Å². The molecule has 3 unspecified atom stereocenters. The summed E-state index contributed by atoms with van der Waals surface area (Å²) in [6.45, 7) is 0. The lowest BCUT2D eigenvalue weighted by atomic mass is 10.1. The second-order valence-corrected chi connectivity index (χ2v) is 6.00. The van der Waals surface area contributed by atoms with Crippen molar-refractivity contribution >= 4 is 5.78 Å². The van der Waals surface area contributed by atoms with Crippen LogP contribution in [0.3, 0.4) is 0 Å². The Kier molecular flexibility index (Phi) is 2.53. The van der Waals surface area contributed by atoms with E-state index in [-0.39, 0.29) is 11.8 Å². The van der Waals surface area contributed by atoms with E-state index in [0.717, 1.165) is 17.5 Å². The molecule has 2 saturated carbocycles. The molecule has 5 rings (SSSR count). The van der Waals surface area contributed by atoms with Crippen molar-refractivity contribution in [3.8, 4) is 22.8 Å². The first-order valence-electron chi connectivity index (χ1n) is 7.54. The van der Waals surface area contributed by atoms with Crippen LogP contribution in [-0.4, -0.2) is 26.1 Å². The smallest absolute Gasteiger partial charge is 0.247 e. The number of Topliss-reactive ketones (excluding diaryl/α,β-unsaturated/α-hetero) is 1. The second kappa shape index (κ2) is 4.58. The quantitative estimate of drug-likeness (QED) is 0.733. The molecule has 0 spiro atoms. The molecule has 0 bridgehead atoms. The summed E-state index contributed by atoms with van der Waals surface area (Å²) in [7, 11) is 0. The molecule has 0 amide bonds. The van der Waals surface area contributed by atoms with Gasteiger partial charge in [0, 0.05) is 23.5 Å². The summed E-state index contributed by atoms with van der Waals surface area (Å²) in [6.07, 6.45) is 2.94. The number of hydrogen-bond donors (Lipinski definition) is 0. The summed E-state index contributed by atoms with van der Waals surface area (Å²) >= 11 is 0. The average Bonchev–Trinajstić information content (AvgIpc) is 3.06. The fourth-order valence-corrected chi connectivity index (χ4v) is 3.53. The van der Waals surface area contributed by atoms with E-state index >= 15 is 0 Å². The van der Waals surface area contributed by atoms with Gasteiger partial charge in [-0.25, -0.2) is 0 Å². The predicted molar refractivity (Wildman–Crippen MR) is 77.0 cm³/mol. The van der Waals surface area contributed by atoms with Gasteiger partial charge in [0.2, 0.25) is 24.0 Å². The molecule has 2 aromatic heterocycles. The highest BCUT2D eigenvalue weighted by Crippen LogP contribution is 2.61. The van der Waals surface area contributed by atoms with Gasteiger partial charge in [-0.05, 0) is 24.5 Å². The SMILES string of the molecule is O=C1CCC2C1C2c1nc(-c2ccc(-c3nnco3)cc2)no1. The first-order chi connectivity index (χ1) is 11.3. The Bertz CT molecular complexity index is 869. The lowest BCUT2D eigenvalue weighted by molar-refractivity contribution is -0.119. The van der Waals surface area contributed by atoms with Crippen LogP contribution < -0.4 is 0 Å². The molecule has 2 aliphatic carbocycles. The van der Waals surface area contributed by atoms with E-state index in [1.165, 1.54) is 6.39 Å². The standard InChI is InChI=1S/C16H12N4O3/c21-11-6-5-10-12(11)13(10)16-18-14(20-23-16)8-1-3-9(4-2-8)15-19-17-7-22-15/h1-4,7,10,12-13H,5-6H2. The third kappa shape index (κ3) is 1.93. The molecule has 114 valence electrons. The summed E-state index contributed by atoms with van der Waals surface area (Å²) in [5, 5.41) is 11.6. The van der Waals surface area contributed by atoms with Gasteiger partial charge in [-0.1, -0.05) is 17.3 Å². The molecule has 2 heterocycles. The van der Waals surface area contributed by atoms with E-state index in [2.05, 4.69) is 20.3 Å². The van der Waals surface area contributed by atoms with Crippen molar-refractivity contribution in [3.05, 3.63) is 36.5 Å². The fourth-order valence-electron chi connectivity index (χ4n) is 3.53. The molecule has 23 heavy (non-hydrogen) atoms. The summed E-state index contributed by atoms with van der Waals surface area (Å²) in [6, 6.07) is 7.50. The average molecular weight is 308 g/mol. The zero-order valence-electron chi connectivity index (χ0n) is 12.0. The zero-order chi connectivity index (χ0) is 15.4. The maximum Gasteiger partial charge on any atom is 0.247 e. The number of fused-ring (bicyclic) bond motifs is 1. The molecule has 0 N–H and O–H groups in total. The van der Waals surface area contributed by atoms with Crippen molar-refractivity contribution in [2.45, 2.75) is 18.8 Å². The van der Waals surface area contributed by atoms with E-state index in [1.54, 1.807) is 0 Å². The van der Waals surface area contributed by atoms with Crippen molar-refractivity contribution in [3.63, 3.8) is 0 Å². The Morgan fingerprint density at radius 3 is 2.61 bits per heavy atom. The van der Waals surface area contributed by atoms with Crippen LogP contribution >= 0.6 is 0 Å². The van der Waals surface area contributed by atoms with Crippen LogP contribution in [0.25, 0.3) is 22.8 Å². The Morgan fingerprint density at radius 2 is 1.91 bits per heavy atom. The summed E-state index contributed by atoms with van der Waals surface area (Å²) in [5.41, 5.74) is 1.68. The van der Waals surface area contributed by atoms with Gasteiger partial charge in [0.05, 0.1) is 5.92 Å². The first kappa shape index (κ1) is 12.7. The minimum Gasteiger partial charge on any atom is -0.423 e. The summed E-state index contributed by atoms with van der Waals surface area (Å²) in [5.74, 6) is 2.59. The van der Waals surface area contributed by atoms with Crippen molar-refractivity contribution in [2.75, 3.05) is 0 Å². The van der Waals surface area contributed by atoms with Crippen LogP contribution in [0.4, 0.5) is 0 Å². The van der Waals surface area contributed by atoms with Crippen molar-refractivity contribution in [2.24, 2.45) is 11.8 Å². The number of aromatic nitrogens is 4. The van der Waals surface area contributed by atoms with Crippen molar-refractivity contribution < 1.29 is 13.7 Å². The fraction of sp³-hybridized carbons (Fsp3) is 0.312. The predicted octanol–water partition coefficient (Wildman–Crippen LogP) is 2.48.